The van der Waals surface area contributed by atoms with E-state index in [0.717, 1.165) is 6.42 Å². The molecule has 0 spiro atoms. The number of aliphatic hydroxyl groups is 1. The summed E-state index contributed by atoms with van der Waals surface area (Å²) in [6.07, 6.45) is 3.35. The number of aliphatic hydroxyl groups excluding tert-OH is 1. The van der Waals surface area contributed by atoms with E-state index < -0.39 is 18.3 Å². The van der Waals surface area contributed by atoms with Gasteiger partial charge in [0.2, 0.25) is 0 Å². The third-order valence-electron chi connectivity index (χ3n) is 4.85. The minimum absolute atomic E-state index is 0.0462. The van der Waals surface area contributed by atoms with E-state index in [9.17, 15) is 9.90 Å². The molecule has 1 unspecified atom stereocenters. The molecule has 4 aliphatic rings. The third kappa shape index (κ3) is 1.16. The van der Waals surface area contributed by atoms with Crippen LogP contribution < -0.4 is 0 Å². The van der Waals surface area contributed by atoms with Gasteiger partial charge in [-0.1, -0.05) is 12.2 Å². The summed E-state index contributed by atoms with van der Waals surface area (Å²) in [5, 5.41) is 10.4. The van der Waals surface area contributed by atoms with Gasteiger partial charge in [0.15, 0.2) is 12.1 Å². The highest BCUT2D eigenvalue weighted by Crippen LogP contribution is 2.54. The van der Waals surface area contributed by atoms with Crippen LogP contribution >= 0.6 is 0 Å². The highest BCUT2D eigenvalue weighted by atomic mass is 16.7. The number of hydrogen-bond acceptors (Lipinski definition) is 4. The summed E-state index contributed by atoms with van der Waals surface area (Å²) < 4.78 is 11.1. The van der Waals surface area contributed by atoms with Gasteiger partial charge in [-0.3, -0.25) is 4.79 Å². The van der Waals surface area contributed by atoms with Crippen molar-refractivity contribution in [1.29, 1.82) is 0 Å². The molecule has 8 atom stereocenters. The van der Waals surface area contributed by atoms with Crippen LogP contribution in [0.15, 0.2) is 12.2 Å². The molecule has 0 aromatic carbocycles. The number of fused-ring (bicyclic) bond motifs is 6. The van der Waals surface area contributed by atoms with Crippen LogP contribution in [0.3, 0.4) is 0 Å². The van der Waals surface area contributed by atoms with Crippen molar-refractivity contribution in [3.8, 4) is 0 Å². The van der Waals surface area contributed by atoms with Crippen LogP contribution in [-0.2, 0) is 14.3 Å². The Morgan fingerprint density at radius 2 is 2.06 bits per heavy atom. The normalized spacial score (nSPS) is 59.5. The molecule has 1 N–H and O–H groups in total. The fourth-order valence-electron chi connectivity index (χ4n) is 4.23. The lowest BCUT2D eigenvalue weighted by Gasteiger charge is -2.40. The topological polar surface area (TPSA) is 55.8 Å². The SMILES string of the molecule is CC1O[C@H]2[C@H](O)[C@@H]3[C@H](C(=O)[C@H]2O1)[C@@H]1C=C[C@@H]3C1. The number of carbonyl (C=O) groups is 1. The van der Waals surface area contributed by atoms with Gasteiger partial charge in [0.25, 0.3) is 0 Å². The molecule has 1 aliphatic heterocycles. The number of carbonyl (C=O) groups excluding carboxylic acids is 1. The van der Waals surface area contributed by atoms with Crippen molar-refractivity contribution >= 4 is 5.78 Å². The van der Waals surface area contributed by atoms with E-state index in [0.29, 0.717) is 11.8 Å². The average molecular weight is 236 g/mol. The molecule has 0 amide bonds. The van der Waals surface area contributed by atoms with Crippen LogP contribution in [-0.4, -0.2) is 35.5 Å². The molecule has 2 bridgehead atoms. The van der Waals surface area contributed by atoms with Crippen molar-refractivity contribution < 1.29 is 19.4 Å². The summed E-state index contributed by atoms with van der Waals surface area (Å²) >= 11 is 0. The van der Waals surface area contributed by atoms with Gasteiger partial charge in [0, 0.05) is 11.8 Å². The van der Waals surface area contributed by atoms with Gasteiger partial charge in [0.05, 0.1) is 6.10 Å². The zero-order valence-electron chi connectivity index (χ0n) is 9.65. The Morgan fingerprint density at radius 3 is 2.88 bits per heavy atom. The fourth-order valence-corrected chi connectivity index (χ4v) is 4.23. The maximum absolute atomic E-state index is 12.4. The largest absolute Gasteiger partial charge is 0.390 e. The number of rotatable bonds is 0. The highest BCUT2D eigenvalue weighted by molar-refractivity contribution is 5.89. The number of ether oxygens (including phenoxy) is 2. The second kappa shape index (κ2) is 3.19. The van der Waals surface area contributed by atoms with Crippen LogP contribution in [0.2, 0.25) is 0 Å². The van der Waals surface area contributed by atoms with E-state index in [4.69, 9.17) is 9.47 Å². The maximum atomic E-state index is 12.4. The first kappa shape index (κ1) is 10.2. The summed E-state index contributed by atoms with van der Waals surface area (Å²) in [5.41, 5.74) is 0. The van der Waals surface area contributed by atoms with Gasteiger partial charge in [-0.25, -0.2) is 0 Å². The Kier molecular flexibility index (Phi) is 1.92. The Bertz CT molecular complexity index is 404. The molecule has 0 radical (unpaired) electrons. The quantitative estimate of drug-likeness (QED) is 0.622. The Balaban J connectivity index is 1.74. The van der Waals surface area contributed by atoms with Crippen LogP contribution in [0, 0.1) is 23.7 Å². The molecule has 92 valence electrons. The second-order valence-electron chi connectivity index (χ2n) is 5.67. The molecule has 1 heterocycles. The third-order valence-corrected chi connectivity index (χ3v) is 4.85. The summed E-state index contributed by atoms with van der Waals surface area (Å²) in [7, 11) is 0. The van der Waals surface area contributed by atoms with Crippen LogP contribution in [0.4, 0.5) is 0 Å². The molecule has 17 heavy (non-hydrogen) atoms. The first-order valence-corrected chi connectivity index (χ1v) is 6.38. The van der Waals surface area contributed by atoms with Gasteiger partial charge in [-0.15, -0.1) is 0 Å². The number of ketones is 1. The van der Waals surface area contributed by atoms with Gasteiger partial charge >= 0.3 is 0 Å². The van der Waals surface area contributed by atoms with E-state index >= 15 is 0 Å². The number of allylic oxidation sites excluding steroid dienone is 2. The first-order chi connectivity index (χ1) is 8.16. The number of hydrogen-bond donors (Lipinski definition) is 1. The molecule has 2 saturated carbocycles. The maximum Gasteiger partial charge on any atom is 0.168 e. The minimum atomic E-state index is -0.562. The fraction of sp³-hybridized carbons (Fsp3) is 0.769. The second-order valence-corrected chi connectivity index (χ2v) is 5.67. The van der Waals surface area contributed by atoms with Gasteiger partial charge in [0.1, 0.15) is 12.2 Å². The molecule has 4 heteroatoms. The molecule has 4 nitrogen and oxygen atoms in total. The standard InChI is InChI=1S/C13H16O4/c1-5-16-12-10(14)8-6-2-3-7(4-6)9(8)11(15)13(12)17-5/h2-3,5-10,12-14H,4H2,1H3/t5?,6-,7-,8+,9-,10-,12+,13-/m1/s1. The molecule has 3 aliphatic carbocycles. The van der Waals surface area contributed by atoms with Gasteiger partial charge in [-0.05, 0) is 25.2 Å². The average Bonchev–Trinajstić information content (AvgIpc) is 2.97. The smallest absolute Gasteiger partial charge is 0.168 e. The molecular formula is C13H16O4. The molecule has 4 rings (SSSR count). The van der Waals surface area contributed by atoms with Crippen molar-refractivity contribution in [3.05, 3.63) is 12.2 Å². The van der Waals surface area contributed by atoms with E-state index in [2.05, 4.69) is 12.2 Å². The minimum Gasteiger partial charge on any atom is -0.390 e. The van der Waals surface area contributed by atoms with Gasteiger partial charge in [-0.2, -0.15) is 0 Å². The van der Waals surface area contributed by atoms with E-state index in [1.807, 2.05) is 0 Å². The summed E-state index contributed by atoms with van der Waals surface area (Å²) in [6, 6.07) is 0. The summed E-state index contributed by atoms with van der Waals surface area (Å²) in [6.45, 7) is 1.78. The molecule has 0 aromatic rings. The molecule has 1 saturated heterocycles. The predicted octanol–water partition coefficient (Wildman–Crippen LogP) is 0.498. The van der Waals surface area contributed by atoms with Crippen molar-refractivity contribution in [2.24, 2.45) is 23.7 Å². The first-order valence-electron chi connectivity index (χ1n) is 6.38. The zero-order valence-corrected chi connectivity index (χ0v) is 9.65. The Hall–Kier alpha value is -0.710. The molecule has 3 fully saturated rings. The monoisotopic (exact) mass is 236 g/mol. The lowest BCUT2D eigenvalue weighted by molar-refractivity contribution is -0.148. The molecule has 0 aromatic heterocycles. The van der Waals surface area contributed by atoms with Crippen molar-refractivity contribution in [2.75, 3.05) is 0 Å². The van der Waals surface area contributed by atoms with E-state index in [1.165, 1.54) is 0 Å². The van der Waals surface area contributed by atoms with Gasteiger partial charge < -0.3 is 14.6 Å². The van der Waals surface area contributed by atoms with E-state index in [-0.39, 0.29) is 23.9 Å². The lowest BCUT2D eigenvalue weighted by Crippen LogP contribution is -2.56. The van der Waals surface area contributed by atoms with Crippen molar-refractivity contribution in [3.63, 3.8) is 0 Å². The Morgan fingerprint density at radius 1 is 1.29 bits per heavy atom. The summed E-state index contributed by atoms with van der Waals surface area (Å²) in [5.74, 6) is 0.811. The van der Waals surface area contributed by atoms with Crippen molar-refractivity contribution in [2.45, 2.75) is 37.9 Å². The predicted molar refractivity (Wildman–Crippen MR) is 57.9 cm³/mol. The van der Waals surface area contributed by atoms with Crippen LogP contribution in [0.25, 0.3) is 0 Å². The van der Waals surface area contributed by atoms with E-state index in [1.54, 1.807) is 6.92 Å². The van der Waals surface area contributed by atoms with Crippen molar-refractivity contribution in [1.82, 2.24) is 0 Å². The highest BCUT2D eigenvalue weighted by Gasteiger charge is 2.61. The van der Waals surface area contributed by atoms with Crippen LogP contribution in [0.5, 0.6) is 0 Å². The summed E-state index contributed by atoms with van der Waals surface area (Å²) in [4.78, 5) is 12.4. The Labute approximate surface area is 99.6 Å². The lowest BCUT2D eigenvalue weighted by atomic mass is 9.69. The molecular weight excluding hydrogens is 220 g/mol. The zero-order chi connectivity index (χ0) is 11.7. The number of Topliss-reactive ketones (excluding diaryl/α,β-unsaturated/α-hetero) is 1. The van der Waals surface area contributed by atoms with Crippen LogP contribution in [0.1, 0.15) is 13.3 Å².